The lowest BCUT2D eigenvalue weighted by Crippen LogP contribution is -2.65. The van der Waals surface area contributed by atoms with Crippen molar-refractivity contribution < 1.29 is 64.6 Å². The Bertz CT molecular complexity index is 1550. The van der Waals surface area contributed by atoms with Crippen molar-refractivity contribution in [2.24, 2.45) is 0 Å². The van der Waals surface area contributed by atoms with Crippen LogP contribution >= 0.6 is 0 Å². The van der Waals surface area contributed by atoms with Gasteiger partial charge in [-0.1, -0.05) is 182 Å². The molecule has 14 heteroatoms. The Morgan fingerprint density at radius 1 is 0.507 bits per heavy atom. The van der Waals surface area contributed by atoms with Gasteiger partial charge >= 0.3 is 0 Å². The van der Waals surface area contributed by atoms with Crippen LogP contribution in [0, 0.1) is 0 Å². The third-order valence-corrected chi connectivity index (χ3v) is 13.3. The van der Waals surface area contributed by atoms with Crippen molar-refractivity contribution in [3.63, 3.8) is 0 Å². The predicted molar refractivity (Wildman–Crippen MR) is 290 cm³/mol. The zero-order valence-corrected chi connectivity index (χ0v) is 44.8. The Hall–Kier alpha value is -2.83. The Morgan fingerprint density at radius 3 is 1.51 bits per heavy atom. The van der Waals surface area contributed by atoms with Gasteiger partial charge in [0.25, 0.3) is 0 Å². The summed E-state index contributed by atoms with van der Waals surface area (Å²) in [6.07, 6.45) is 41.9. The maximum Gasteiger partial charge on any atom is 0.220 e. The average Bonchev–Trinajstić information content (AvgIpc) is 3.39. The highest BCUT2D eigenvalue weighted by Crippen LogP contribution is 2.30. The highest BCUT2D eigenvalue weighted by molar-refractivity contribution is 5.76. The molecule has 2 saturated heterocycles. The third kappa shape index (κ3) is 30.5. The summed E-state index contributed by atoms with van der Waals surface area (Å²) in [5.41, 5.74) is 0. The van der Waals surface area contributed by atoms with Gasteiger partial charge in [0.2, 0.25) is 5.91 Å². The first-order valence-corrected chi connectivity index (χ1v) is 28.3. The van der Waals surface area contributed by atoms with Crippen molar-refractivity contribution in [1.82, 2.24) is 5.32 Å². The van der Waals surface area contributed by atoms with Crippen LogP contribution in [0.15, 0.2) is 85.1 Å². The van der Waals surface area contributed by atoms with Gasteiger partial charge in [0.1, 0.15) is 48.8 Å². The van der Waals surface area contributed by atoms with Crippen molar-refractivity contribution in [3.8, 4) is 0 Å². The topological polar surface area (TPSA) is 228 Å². The molecular weight excluding hydrogens is 931 g/mol. The zero-order chi connectivity index (χ0) is 53.2. The lowest BCUT2D eigenvalue weighted by Gasteiger charge is -2.46. The quantitative estimate of drug-likeness (QED) is 0.0206. The number of aliphatic hydroxyl groups excluding tert-OH is 8. The lowest BCUT2D eigenvalue weighted by molar-refractivity contribution is -0.359. The Labute approximate surface area is 440 Å². The second-order valence-corrected chi connectivity index (χ2v) is 19.7. The van der Waals surface area contributed by atoms with E-state index in [0.717, 1.165) is 77.0 Å². The number of unbranched alkanes of at least 4 members (excludes halogenated alkanes) is 18. The maximum absolute atomic E-state index is 13.2. The molecule has 12 atom stereocenters. The van der Waals surface area contributed by atoms with Crippen LogP contribution in [0.1, 0.15) is 187 Å². The number of amides is 1. The Kier molecular flexibility index (Phi) is 40.2. The van der Waals surface area contributed by atoms with E-state index >= 15 is 0 Å². The molecule has 2 aliphatic heterocycles. The summed E-state index contributed by atoms with van der Waals surface area (Å²) in [6.45, 7) is 2.63. The first kappa shape index (κ1) is 66.3. The number of carbonyl (C=O) groups is 1. The molecule has 2 aliphatic rings. The number of hydrogen-bond donors (Lipinski definition) is 9. The highest BCUT2D eigenvalue weighted by atomic mass is 16.7. The Balaban J connectivity index is 1.80. The van der Waals surface area contributed by atoms with E-state index in [9.17, 15) is 45.6 Å². The molecule has 0 bridgehead atoms. The number of rotatable bonds is 43. The summed E-state index contributed by atoms with van der Waals surface area (Å²) in [5.74, 6) is -0.262. The molecule has 0 aromatic heterocycles. The van der Waals surface area contributed by atoms with E-state index in [1.807, 2.05) is 6.08 Å². The summed E-state index contributed by atoms with van der Waals surface area (Å²) in [4.78, 5) is 13.2. The fraction of sp³-hybridized carbons (Fsp3) is 0.746. The van der Waals surface area contributed by atoms with Gasteiger partial charge in [-0.25, -0.2) is 0 Å². The van der Waals surface area contributed by atoms with E-state index in [2.05, 4.69) is 92.1 Å². The van der Waals surface area contributed by atoms with Crippen molar-refractivity contribution in [3.05, 3.63) is 85.1 Å². The molecule has 73 heavy (non-hydrogen) atoms. The standard InChI is InChI=1S/C59H101NO13/c1-3-5-7-9-11-13-15-17-19-21-22-23-24-25-26-27-29-31-33-35-37-39-41-43-51(64)60-47(48(63)42-40-38-36-34-32-30-28-20-18-16-14-12-10-8-6-4-2)46-70-58-56(69)54(67)57(50(45-62)72-58)73-59-55(68)53(66)52(65)49(44-61)71-59/h5,7,11,13,17-20,22-23,32,34,40,42,47-50,52-59,61-63,65-69H,3-4,6,8-10,12,14-16,21,24-31,33,35-39,41,43-46H2,1-2H3,(H,60,64)/b7-5-,13-11-,19-17-,20-18+,23-22-,34-32+,42-40+. The molecule has 12 unspecified atom stereocenters. The molecule has 2 fully saturated rings. The van der Waals surface area contributed by atoms with Crippen LogP contribution in [0.25, 0.3) is 0 Å². The molecule has 14 nitrogen and oxygen atoms in total. The van der Waals surface area contributed by atoms with Gasteiger partial charge in [-0.2, -0.15) is 0 Å². The molecule has 2 rings (SSSR count). The van der Waals surface area contributed by atoms with Gasteiger partial charge in [0, 0.05) is 6.42 Å². The first-order valence-electron chi connectivity index (χ1n) is 28.3. The molecule has 420 valence electrons. The molecule has 0 aromatic carbocycles. The molecule has 0 radical (unpaired) electrons. The molecule has 2 heterocycles. The monoisotopic (exact) mass is 1030 g/mol. The SMILES string of the molecule is CC/C=C\C/C=C\C/C=C\C/C=C\CCCCCCCCCCCCC(=O)NC(COC1OC(CO)C(OC2OC(CO)C(O)C(O)C2O)C(O)C1O)C(O)/C=C/CC/C=C/CC/C=C/CCCCCCCC. The molecule has 0 aromatic rings. The third-order valence-electron chi connectivity index (χ3n) is 13.3. The van der Waals surface area contributed by atoms with Gasteiger partial charge < -0.3 is 65.1 Å². The van der Waals surface area contributed by atoms with E-state index in [0.29, 0.717) is 12.8 Å². The first-order chi connectivity index (χ1) is 35.6. The minimum Gasteiger partial charge on any atom is -0.394 e. The fourth-order valence-electron chi connectivity index (χ4n) is 8.72. The minimum atomic E-state index is -1.80. The summed E-state index contributed by atoms with van der Waals surface area (Å²) in [5, 5.41) is 86.9. The van der Waals surface area contributed by atoms with Crippen LogP contribution in [0.3, 0.4) is 0 Å². The van der Waals surface area contributed by atoms with Gasteiger partial charge in [0.15, 0.2) is 12.6 Å². The number of allylic oxidation sites excluding steroid dienone is 13. The predicted octanol–water partition coefficient (Wildman–Crippen LogP) is 8.94. The number of nitrogens with one attached hydrogen (secondary N) is 1. The van der Waals surface area contributed by atoms with Gasteiger partial charge in [-0.3, -0.25) is 4.79 Å². The van der Waals surface area contributed by atoms with Crippen LogP contribution in [-0.4, -0.2) is 140 Å². The molecular formula is C59H101NO13. The van der Waals surface area contributed by atoms with Gasteiger partial charge in [0.05, 0.1) is 32.0 Å². The number of ether oxygens (including phenoxy) is 4. The van der Waals surface area contributed by atoms with E-state index in [4.69, 9.17) is 18.9 Å². The number of hydrogen-bond acceptors (Lipinski definition) is 13. The summed E-state index contributed by atoms with van der Waals surface area (Å²) in [6, 6.07) is -0.944. The molecule has 1 amide bonds. The van der Waals surface area contributed by atoms with Crippen molar-refractivity contribution in [1.29, 1.82) is 0 Å². The Morgan fingerprint density at radius 2 is 0.959 bits per heavy atom. The lowest BCUT2D eigenvalue weighted by atomic mass is 9.97. The minimum absolute atomic E-state index is 0.260. The molecule has 0 spiro atoms. The van der Waals surface area contributed by atoms with Crippen LogP contribution in [0.2, 0.25) is 0 Å². The zero-order valence-electron chi connectivity index (χ0n) is 44.8. The second-order valence-electron chi connectivity index (χ2n) is 19.7. The van der Waals surface area contributed by atoms with Gasteiger partial charge in [-0.05, 0) is 83.5 Å². The van der Waals surface area contributed by atoms with Crippen molar-refractivity contribution in [2.75, 3.05) is 19.8 Å². The van der Waals surface area contributed by atoms with E-state index in [1.54, 1.807) is 6.08 Å². The summed E-state index contributed by atoms with van der Waals surface area (Å²) in [7, 11) is 0. The number of aliphatic hydroxyl groups is 8. The molecule has 0 aliphatic carbocycles. The van der Waals surface area contributed by atoms with Crippen LogP contribution in [0.4, 0.5) is 0 Å². The average molecular weight is 1030 g/mol. The smallest absolute Gasteiger partial charge is 0.220 e. The van der Waals surface area contributed by atoms with Crippen molar-refractivity contribution in [2.45, 2.75) is 261 Å². The number of carbonyl (C=O) groups excluding carboxylic acids is 1. The summed E-state index contributed by atoms with van der Waals surface area (Å²) < 4.78 is 22.7. The second kappa shape index (κ2) is 44.3. The van der Waals surface area contributed by atoms with E-state index in [-0.39, 0.29) is 18.9 Å². The van der Waals surface area contributed by atoms with Crippen molar-refractivity contribution >= 4 is 5.91 Å². The summed E-state index contributed by atoms with van der Waals surface area (Å²) >= 11 is 0. The van der Waals surface area contributed by atoms with E-state index < -0.39 is 86.8 Å². The largest absolute Gasteiger partial charge is 0.394 e. The van der Waals surface area contributed by atoms with Crippen LogP contribution in [0.5, 0.6) is 0 Å². The highest BCUT2D eigenvalue weighted by Gasteiger charge is 2.51. The molecule has 0 saturated carbocycles. The maximum atomic E-state index is 13.2. The van der Waals surface area contributed by atoms with Gasteiger partial charge in [-0.15, -0.1) is 0 Å². The fourth-order valence-corrected chi connectivity index (χ4v) is 8.72. The van der Waals surface area contributed by atoms with Crippen LogP contribution < -0.4 is 5.32 Å². The normalized spacial score (nSPS) is 26.1. The molecule has 9 N–H and O–H groups in total. The van der Waals surface area contributed by atoms with Crippen LogP contribution in [-0.2, 0) is 23.7 Å². The van der Waals surface area contributed by atoms with E-state index in [1.165, 1.54) is 77.0 Å².